The maximum absolute atomic E-state index is 4.31. The molecule has 1 heterocycles. The third-order valence-corrected chi connectivity index (χ3v) is 3.98. The van der Waals surface area contributed by atoms with E-state index >= 15 is 0 Å². The standard InChI is InChI=1S/C10H19N3S2/c1-4-5-8(2)11-6-7-14-10-12-9(3)13-15-10/h8,11H,4-7H2,1-3H3. The van der Waals surface area contributed by atoms with Gasteiger partial charge < -0.3 is 5.32 Å². The second-order valence-corrected chi connectivity index (χ2v) is 5.69. The Hall–Kier alpha value is -0.130. The van der Waals surface area contributed by atoms with Gasteiger partial charge in [-0.25, -0.2) is 4.98 Å². The SMILES string of the molecule is CCCC(C)NCCSc1nc(C)ns1. The van der Waals surface area contributed by atoms with Crippen molar-refractivity contribution in [3.05, 3.63) is 5.82 Å². The van der Waals surface area contributed by atoms with E-state index < -0.39 is 0 Å². The molecule has 15 heavy (non-hydrogen) atoms. The monoisotopic (exact) mass is 245 g/mol. The lowest BCUT2D eigenvalue weighted by atomic mass is 10.2. The molecule has 0 radical (unpaired) electrons. The third-order valence-electron chi connectivity index (χ3n) is 2.05. The van der Waals surface area contributed by atoms with E-state index in [0.717, 1.165) is 22.5 Å². The molecule has 5 heteroatoms. The maximum Gasteiger partial charge on any atom is 0.170 e. The summed E-state index contributed by atoms with van der Waals surface area (Å²) in [7, 11) is 0. The molecule has 0 saturated carbocycles. The maximum atomic E-state index is 4.31. The van der Waals surface area contributed by atoms with Gasteiger partial charge in [0.25, 0.3) is 0 Å². The Morgan fingerprint density at radius 3 is 2.93 bits per heavy atom. The van der Waals surface area contributed by atoms with E-state index in [-0.39, 0.29) is 0 Å². The normalized spacial score (nSPS) is 13.0. The highest BCUT2D eigenvalue weighted by Gasteiger charge is 2.02. The van der Waals surface area contributed by atoms with E-state index in [2.05, 4.69) is 28.5 Å². The summed E-state index contributed by atoms with van der Waals surface area (Å²) in [5.41, 5.74) is 0. The van der Waals surface area contributed by atoms with Crippen molar-refractivity contribution < 1.29 is 0 Å². The quantitative estimate of drug-likeness (QED) is 0.592. The Balaban J connectivity index is 2.06. The minimum absolute atomic E-state index is 0.631. The van der Waals surface area contributed by atoms with Gasteiger partial charge in [-0.15, -0.1) is 0 Å². The number of aryl methyl sites for hydroxylation is 1. The molecule has 1 rings (SSSR count). The van der Waals surface area contributed by atoms with Gasteiger partial charge in [-0.3, -0.25) is 0 Å². The largest absolute Gasteiger partial charge is 0.313 e. The van der Waals surface area contributed by atoms with Crippen molar-refractivity contribution in [1.82, 2.24) is 14.7 Å². The zero-order valence-electron chi connectivity index (χ0n) is 9.62. The van der Waals surface area contributed by atoms with Crippen molar-refractivity contribution in [3.63, 3.8) is 0 Å². The van der Waals surface area contributed by atoms with Gasteiger partial charge in [-0.2, -0.15) is 4.37 Å². The molecule has 0 aliphatic carbocycles. The zero-order valence-corrected chi connectivity index (χ0v) is 11.2. The molecule has 3 nitrogen and oxygen atoms in total. The summed E-state index contributed by atoms with van der Waals surface area (Å²) in [6.45, 7) is 7.44. The van der Waals surface area contributed by atoms with E-state index in [1.165, 1.54) is 24.4 Å². The predicted octanol–water partition coefficient (Wildman–Crippen LogP) is 2.72. The molecular formula is C10H19N3S2. The van der Waals surface area contributed by atoms with Crippen molar-refractivity contribution in [3.8, 4) is 0 Å². The second-order valence-electron chi connectivity index (χ2n) is 3.60. The molecular weight excluding hydrogens is 226 g/mol. The highest BCUT2D eigenvalue weighted by molar-refractivity contribution is 8.00. The van der Waals surface area contributed by atoms with Crippen LogP contribution < -0.4 is 5.32 Å². The molecule has 0 aliphatic heterocycles. The van der Waals surface area contributed by atoms with Gasteiger partial charge in [0.1, 0.15) is 5.82 Å². The Morgan fingerprint density at radius 1 is 1.53 bits per heavy atom. The fourth-order valence-corrected chi connectivity index (χ4v) is 2.90. The van der Waals surface area contributed by atoms with Crippen LogP contribution in [0.15, 0.2) is 4.34 Å². The first-order valence-electron chi connectivity index (χ1n) is 5.39. The van der Waals surface area contributed by atoms with Crippen LogP contribution in [0.25, 0.3) is 0 Å². The average molecular weight is 245 g/mol. The van der Waals surface area contributed by atoms with Gasteiger partial charge >= 0.3 is 0 Å². The first-order valence-corrected chi connectivity index (χ1v) is 7.14. The number of rotatable bonds is 7. The first kappa shape index (κ1) is 12.9. The van der Waals surface area contributed by atoms with Gasteiger partial charge in [0.2, 0.25) is 0 Å². The lowest BCUT2D eigenvalue weighted by Gasteiger charge is -2.11. The van der Waals surface area contributed by atoms with Crippen LogP contribution in [-0.2, 0) is 0 Å². The molecule has 1 aromatic heterocycles. The van der Waals surface area contributed by atoms with Crippen LogP contribution in [0.2, 0.25) is 0 Å². The minimum Gasteiger partial charge on any atom is -0.313 e. The molecule has 0 aliphatic rings. The molecule has 0 amide bonds. The number of aromatic nitrogens is 2. The number of hydrogen-bond acceptors (Lipinski definition) is 5. The van der Waals surface area contributed by atoms with Gasteiger partial charge in [0.05, 0.1) is 0 Å². The minimum atomic E-state index is 0.631. The molecule has 1 N–H and O–H groups in total. The van der Waals surface area contributed by atoms with E-state index in [9.17, 15) is 0 Å². The molecule has 0 spiro atoms. The fourth-order valence-electron chi connectivity index (χ4n) is 1.32. The third kappa shape index (κ3) is 5.49. The van der Waals surface area contributed by atoms with Crippen molar-refractivity contribution in [2.75, 3.05) is 12.3 Å². The van der Waals surface area contributed by atoms with Crippen LogP contribution in [0.4, 0.5) is 0 Å². The Bertz CT molecular complexity index is 275. The molecule has 0 aromatic carbocycles. The summed E-state index contributed by atoms with van der Waals surface area (Å²) < 4.78 is 5.23. The fraction of sp³-hybridized carbons (Fsp3) is 0.800. The van der Waals surface area contributed by atoms with Crippen molar-refractivity contribution >= 4 is 23.3 Å². The molecule has 1 aromatic rings. The average Bonchev–Trinajstić information content (AvgIpc) is 2.60. The van der Waals surface area contributed by atoms with Gasteiger partial charge in [0, 0.05) is 18.3 Å². The van der Waals surface area contributed by atoms with Crippen molar-refractivity contribution in [2.24, 2.45) is 0 Å². The van der Waals surface area contributed by atoms with Crippen LogP contribution in [0.5, 0.6) is 0 Å². The highest BCUT2D eigenvalue weighted by Crippen LogP contribution is 2.18. The van der Waals surface area contributed by atoms with Gasteiger partial charge in [-0.05, 0) is 31.8 Å². The van der Waals surface area contributed by atoms with E-state index in [4.69, 9.17) is 0 Å². The van der Waals surface area contributed by atoms with E-state index in [1.54, 1.807) is 11.8 Å². The first-order chi connectivity index (χ1) is 7.22. The predicted molar refractivity (Wildman–Crippen MR) is 67.7 cm³/mol. The van der Waals surface area contributed by atoms with Crippen LogP contribution >= 0.6 is 23.3 Å². The lowest BCUT2D eigenvalue weighted by Crippen LogP contribution is -2.27. The molecule has 0 saturated heterocycles. The number of thioether (sulfide) groups is 1. The molecule has 86 valence electrons. The topological polar surface area (TPSA) is 37.8 Å². The molecule has 1 atom stereocenters. The van der Waals surface area contributed by atoms with Crippen molar-refractivity contribution in [2.45, 2.75) is 44.0 Å². The highest BCUT2D eigenvalue weighted by atomic mass is 32.2. The molecule has 0 fully saturated rings. The number of hydrogen-bond donors (Lipinski definition) is 1. The Labute approximate surface area is 100 Å². The molecule has 0 bridgehead atoms. The van der Waals surface area contributed by atoms with Crippen LogP contribution in [0.1, 0.15) is 32.5 Å². The van der Waals surface area contributed by atoms with Crippen LogP contribution in [0, 0.1) is 6.92 Å². The zero-order chi connectivity index (χ0) is 11.1. The van der Waals surface area contributed by atoms with Gasteiger partial charge in [0.15, 0.2) is 4.34 Å². The smallest absolute Gasteiger partial charge is 0.170 e. The van der Waals surface area contributed by atoms with Gasteiger partial charge in [-0.1, -0.05) is 25.1 Å². The summed E-state index contributed by atoms with van der Waals surface area (Å²) in [5, 5.41) is 3.50. The summed E-state index contributed by atoms with van der Waals surface area (Å²) in [4.78, 5) is 4.31. The van der Waals surface area contributed by atoms with Crippen molar-refractivity contribution in [1.29, 1.82) is 0 Å². The Morgan fingerprint density at radius 2 is 2.33 bits per heavy atom. The summed E-state index contributed by atoms with van der Waals surface area (Å²) >= 11 is 3.28. The summed E-state index contributed by atoms with van der Waals surface area (Å²) in [6.07, 6.45) is 2.50. The summed E-state index contributed by atoms with van der Waals surface area (Å²) in [5.74, 6) is 1.96. The van der Waals surface area contributed by atoms with E-state index in [0.29, 0.717) is 6.04 Å². The van der Waals surface area contributed by atoms with Crippen LogP contribution in [-0.4, -0.2) is 27.7 Å². The number of nitrogens with zero attached hydrogens (tertiary/aromatic N) is 2. The number of nitrogens with one attached hydrogen (secondary N) is 1. The second kappa shape index (κ2) is 7.19. The summed E-state index contributed by atoms with van der Waals surface area (Å²) in [6, 6.07) is 0.631. The van der Waals surface area contributed by atoms with Crippen LogP contribution in [0.3, 0.4) is 0 Å². The lowest BCUT2D eigenvalue weighted by molar-refractivity contribution is 0.526. The molecule has 1 unspecified atom stereocenters. The Kier molecular flexibility index (Phi) is 6.20. The van der Waals surface area contributed by atoms with E-state index in [1.807, 2.05) is 6.92 Å².